The van der Waals surface area contributed by atoms with Crippen molar-refractivity contribution in [3.05, 3.63) is 58.0 Å². The van der Waals surface area contributed by atoms with Crippen LogP contribution in [0.15, 0.2) is 35.5 Å². The van der Waals surface area contributed by atoms with Gasteiger partial charge in [-0.3, -0.25) is 14.8 Å². The standard InChI is InChI=1S/C14H15N7OS2/c22-13-12(6-10-2-1-3-15-7-10)19-20-14(18-13)16-4-5-23-9-11-8-17-24-21-11/h1-3,7-8H,4-6,9H2,(H2,16,18,20,22). The Hall–Kier alpha value is -2.33. The Morgan fingerprint density at radius 1 is 1.29 bits per heavy atom. The quantitative estimate of drug-likeness (QED) is 0.579. The third-order valence-corrected chi connectivity index (χ3v) is 4.56. The van der Waals surface area contributed by atoms with Crippen molar-refractivity contribution in [2.75, 3.05) is 17.6 Å². The van der Waals surface area contributed by atoms with Gasteiger partial charge in [-0.1, -0.05) is 6.07 Å². The van der Waals surface area contributed by atoms with Gasteiger partial charge in [0.05, 0.1) is 23.6 Å². The molecule has 3 rings (SSSR count). The minimum Gasteiger partial charge on any atom is -0.354 e. The molecule has 24 heavy (non-hydrogen) atoms. The Balaban J connectivity index is 1.47. The minimum atomic E-state index is -0.238. The fraction of sp³-hybridized carbons (Fsp3) is 0.286. The summed E-state index contributed by atoms with van der Waals surface area (Å²) in [7, 11) is 0. The van der Waals surface area contributed by atoms with E-state index in [-0.39, 0.29) is 5.56 Å². The predicted molar refractivity (Wildman–Crippen MR) is 94.3 cm³/mol. The number of hydrogen-bond donors (Lipinski definition) is 2. The highest BCUT2D eigenvalue weighted by Gasteiger charge is 2.06. The number of rotatable bonds is 8. The maximum Gasteiger partial charge on any atom is 0.274 e. The van der Waals surface area contributed by atoms with Crippen molar-refractivity contribution >= 4 is 29.4 Å². The number of thioether (sulfide) groups is 1. The van der Waals surface area contributed by atoms with Gasteiger partial charge in [0.25, 0.3) is 5.56 Å². The normalized spacial score (nSPS) is 10.7. The van der Waals surface area contributed by atoms with Gasteiger partial charge >= 0.3 is 0 Å². The van der Waals surface area contributed by atoms with E-state index in [1.165, 1.54) is 11.7 Å². The van der Waals surface area contributed by atoms with Crippen LogP contribution in [0.4, 0.5) is 5.95 Å². The van der Waals surface area contributed by atoms with E-state index < -0.39 is 0 Å². The molecule has 3 aromatic heterocycles. The van der Waals surface area contributed by atoms with Gasteiger partial charge in [-0.25, -0.2) is 0 Å². The molecule has 2 N–H and O–H groups in total. The molecule has 0 atom stereocenters. The summed E-state index contributed by atoms with van der Waals surface area (Å²) in [6.45, 7) is 0.675. The van der Waals surface area contributed by atoms with Crippen LogP contribution in [0.25, 0.3) is 0 Å². The number of anilines is 1. The van der Waals surface area contributed by atoms with E-state index in [9.17, 15) is 4.79 Å². The number of nitrogens with zero attached hydrogens (tertiary/aromatic N) is 5. The summed E-state index contributed by atoms with van der Waals surface area (Å²) in [5.74, 6) is 2.06. The van der Waals surface area contributed by atoms with E-state index in [2.05, 4.69) is 34.2 Å². The maximum absolute atomic E-state index is 12.1. The summed E-state index contributed by atoms with van der Waals surface area (Å²) >= 11 is 2.95. The SMILES string of the molecule is O=c1[nH]c(NCCSCc2cnsn2)nnc1Cc1cccnc1. The molecule has 0 spiro atoms. The Labute approximate surface area is 146 Å². The molecule has 3 aromatic rings. The summed E-state index contributed by atoms with van der Waals surface area (Å²) in [5.41, 5.74) is 2.04. The van der Waals surface area contributed by atoms with Crippen molar-refractivity contribution in [3.63, 3.8) is 0 Å². The molecule has 0 aliphatic rings. The van der Waals surface area contributed by atoms with Crippen LogP contribution >= 0.6 is 23.5 Å². The molecular weight excluding hydrogens is 346 g/mol. The fourth-order valence-electron chi connectivity index (χ4n) is 1.92. The molecule has 0 fully saturated rings. The first-order chi connectivity index (χ1) is 11.8. The molecule has 0 aliphatic heterocycles. The van der Waals surface area contributed by atoms with E-state index in [1.807, 2.05) is 12.1 Å². The van der Waals surface area contributed by atoms with Crippen LogP contribution in [0.2, 0.25) is 0 Å². The van der Waals surface area contributed by atoms with Gasteiger partial charge in [-0.15, -0.1) is 10.2 Å². The van der Waals surface area contributed by atoms with Crippen molar-refractivity contribution in [2.24, 2.45) is 0 Å². The maximum atomic E-state index is 12.1. The second kappa shape index (κ2) is 8.50. The van der Waals surface area contributed by atoms with Crippen LogP contribution in [0.5, 0.6) is 0 Å². The minimum absolute atomic E-state index is 0.238. The molecule has 10 heteroatoms. The molecule has 0 aromatic carbocycles. The van der Waals surface area contributed by atoms with Crippen molar-refractivity contribution < 1.29 is 0 Å². The van der Waals surface area contributed by atoms with E-state index in [1.54, 1.807) is 30.4 Å². The molecule has 8 nitrogen and oxygen atoms in total. The van der Waals surface area contributed by atoms with Crippen LogP contribution in [-0.4, -0.2) is 41.2 Å². The number of nitrogens with one attached hydrogen (secondary N) is 2. The predicted octanol–water partition coefficient (Wildman–Crippen LogP) is 1.35. The largest absolute Gasteiger partial charge is 0.354 e. The average molecular weight is 361 g/mol. The van der Waals surface area contributed by atoms with E-state index in [0.29, 0.717) is 24.6 Å². The zero-order valence-corrected chi connectivity index (χ0v) is 14.3. The fourth-order valence-corrected chi connectivity index (χ4v) is 3.17. The van der Waals surface area contributed by atoms with Crippen molar-refractivity contribution in [1.29, 1.82) is 0 Å². The average Bonchev–Trinajstić information content (AvgIpc) is 3.11. The number of aromatic nitrogens is 6. The molecule has 0 amide bonds. The Morgan fingerprint density at radius 2 is 2.25 bits per heavy atom. The smallest absolute Gasteiger partial charge is 0.274 e. The Bertz CT molecular complexity index is 808. The first kappa shape index (κ1) is 16.5. The first-order valence-corrected chi connectivity index (χ1v) is 9.12. The second-order valence-electron chi connectivity index (χ2n) is 4.87. The van der Waals surface area contributed by atoms with Gasteiger partial charge < -0.3 is 5.32 Å². The molecule has 124 valence electrons. The summed E-state index contributed by atoms with van der Waals surface area (Å²) in [4.78, 5) is 18.8. The lowest BCUT2D eigenvalue weighted by atomic mass is 10.2. The van der Waals surface area contributed by atoms with E-state index in [4.69, 9.17) is 0 Å². The van der Waals surface area contributed by atoms with Crippen LogP contribution in [0.3, 0.4) is 0 Å². The van der Waals surface area contributed by atoms with Gasteiger partial charge in [0, 0.05) is 36.9 Å². The van der Waals surface area contributed by atoms with Crippen LogP contribution < -0.4 is 10.9 Å². The van der Waals surface area contributed by atoms with E-state index in [0.717, 1.165) is 22.8 Å². The molecule has 0 unspecified atom stereocenters. The lowest BCUT2D eigenvalue weighted by Gasteiger charge is -2.05. The summed E-state index contributed by atoms with van der Waals surface area (Å²) in [5, 5.41) is 11.1. The number of hydrogen-bond acceptors (Lipinski definition) is 9. The van der Waals surface area contributed by atoms with Gasteiger partial charge in [0.15, 0.2) is 0 Å². The van der Waals surface area contributed by atoms with Gasteiger partial charge in [-0.2, -0.15) is 20.5 Å². The zero-order valence-electron chi connectivity index (χ0n) is 12.7. The monoisotopic (exact) mass is 361 g/mol. The Morgan fingerprint density at radius 3 is 3.00 bits per heavy atom. The highest BCUT2D eigenvalue weighted by molar-refractivity contribution is 7.98. The molecule has 0 saturated carbocycles. The summed E-state index contributed by atoms with van der Waals surface area (Å²) in [6, 6.07) is 3.72. The Kier molecular flexibility index (Phi) is 5.85. The van der Waals surface area contributed by atoms with Crippen molar-refractivity contribution in [3.8, 4) is 0 Å². The number of aromatic amines is 1. The molecule has 0 radical (unpaired) electrons. The first-order valence-electron chi connectivity index (χ1n) is 7.24. The van der Waals surface area contributed by atoms with E-state index >= 15 is 0 Å². The number of H-pyrrole nitrogens is 1. The molecule has 0 aliphatic carbocycles. The molecule has 0 saturated heterocycles. The van der Waals surface area contributed by atoms with Crippen LogP contribution in [0.1, 0.15) is 17.0 Å². The second-order valence-corrected chi connectivity index (χ2v) is 6.53. The lowest BCUT2D eigenvalue weighted by molar-refractivity contribution is 0.862. The number of pyridine rings is 1. The van der Waals surface area contributed by atoms with Crippen LogP contribution in [-0.2, 0) is 12.2 Å². The van der Waals surface area contributed by atoms with Gasteiger partial charge in [-0.05, 0) is 11.6 Å². The van der Waals surface area contributed by atoms with Crippen molar-refractivity contribution in [2.45, 2.75) is 12.2 Å². The third-order valence-electron chi connectivity index (χ3n) is 3.05. The van der Waals surface area contributed by atoms with Gasteiger partial charge in [0.1, 0.15) is 5.69 Å². The molecule has 3 heterocycles. The molecular formula is C14H15N7OS2. The molecule has 0 bridgehead atoms. The highest BCUT2D eigenvalue weighted by atomic mass is 32.2. The lowest BCUT2D eigenvalue weighted by Crippen LogP contribution is -2.20. The van der Waals surface area contributed by atoms with Crippen LogP contribution in [0, 0.1) is 0 Å². The van der Waals surface area contributed by atoms with Crippen molar-refractivity contribution in [1.82, 2.24) is 28.9 Å². The third kappa shape index (κ3) is 4.83. The topological polar surface area (TPSA) is 109 Å². The zero-order chi connectivity index (χ0) is 16.6. The highest BCUT2D eigenvalue weighted by Crippen LogP contribution is 2.09. The summed E-state index contributed by atoms with van der Waals surface area (Å²) < 4.78 is 8.10. The summed E-state index contributed by atoms with van der Waals surface area (Å²) in [6.07, 6.45) is 5.58. The van der Waals surface area contributed by atoms with Gasteiger partial charge in [0.2, 0.25) is 5.95 Å².